The van der Waals surface area contributed by atoms with Crippen LogP contribution in [0.2, 0.25) is 0 Å². The van der Waals surface area contributed by atoms with Gasteiger partial charge in [0.05, 0.1) is 34.8 Å². The van der Waals surface area contributed by atoms with Crippen LogP contribution in [0.3, 0.4) is 0 Å². The van der Waals surface area contributed by atoms with Gasteiger partial charge < -0.3 is 5.73 Å². The highest BCUT2D eigenvalue weighted by atomic mass is 15.3. The Labute approximate surface area is 118 Å². The van der Waals surface area contributed by atoms with Crippen molar-refractivity contribution in [1.29, 1.82) is 0 Å². The first-order valence-electron chi connectivity index (χ1n) is 6.85. The molecule has 0 aliphatic rings. The third-order valence-corrected chi connectivity index (χ3v) is 3.77. The smallest absolute Gasteiger partial charge is 0.0918 e. The van der Waals surface area contributed by atoms with Crippen molar-refractivity contribution in [3.8, 4) is 0 Å². The number of anilines is 1. The number of hydrogen-bond acceptors (Lipinski definition) is 3. The second kappa shape index (κ2) is 4.67. The minimum Gasteiger partial charge on any atom is -0.396 e. The molecule has 0 atom stereocenters. The molecule has 0 amide bonds. The SMILES string of the molecule is CCn1nc(Cn2nc(C)c(N)c2C)c2ccccc21. The van der Waals surface area contributed by atoms with E-state index in [1.807, 2.05) is 35.3 Å². The lowest BCUT2D eigenvalue weighted by molar-refractivity contribution is 0.615. The van der Waals surface area contributed by atoms with Crippen molar-refractivity contribution in [3.63, 3.8) is 0 Å². The van der Waals surface area contributed by atoms with Crippen LogP contribution in [0, 0.1) is 13.8 Å². The monoisotopic (exact) mass is 269 g/mol. The van der Waals surface area contributed by atoms with E-state index in [1.54, 1.807) is 0 Å². The second-order valence-electron chi connectivity index (χ2n) is 5.02. The molecular weight excluding hydrogens is 250 g/mol. The molecule has 3 aromatic rings. The molecule has 0 aliphatic carbocycles. The molecule has 2 heterocycles. The van der Waals surface area contributed by atoms with Crippen LogP contribution in [0.15, 0.2) is 24.3 Å². The Balaban J connectivity index is 2.09. The molecule has 0 saturated heterocycles. The maximum Gasteiger partial charge on any atom is 0.0918 e. The molecule has 104 valence electrons. The van der Waals surface area contributed by atoms with Gasteiger partial charge in [0, 0.05) is 11.9 Å². The fourth-order valence-electron chi connectivity index (χ4n) is 2.56. The molecule has 0 fully saturated rings. The number of fused-ring (bicyclic) bond motifs is 1. The third-order valence-electron chi connectivity index (χ3n) is 3.77. The summed E-state index contributed by atoms with van der Waals surface area (Å²) < 4.78 is 3.96. The van der Waals surface area contributed by atoms with Gasteiger partial charge in [-0.2, -0.15) is 10.2 Å². The number of nitrogens with two attached hydrogens (primary N) is 1. The number of nitrogen functional groups attached to an aromatic ring is 1. The summed E-state index contributed by atoms with van der Waals surface area (Å²) in [6.07, 6.45) is 0. The number of nitrogens with zero attached hydrogens (tertiary/aromatic N) is 4. The zero-order valence-corrected chi connectivity index (χ0v) is 12.1. The molecule has 0 spiro atoms. The average molecular weight is 269 g/mol. The van der Waals surface area contributed by atoms with Gasteiger partial charge >= 0.3 is 0 Å². The lowest BCUT2D eigenvalue weighted by Crippen LogP contribution is -2.06. The Morgan fingerprint density at radius 1 is 1.10 bits per heavy atom. The predicted molar refractivity (Wildman–Crippen MR) is 80.6 cm³/mol. The molecule has 5 heteroatoms. The van der Waals surface area contributed by atoms with E-state index in [1.165, 1.54) is 10.9 Å². The van der Waals surface area contributed by atoms with E-state index in [0.717, 1.165) is 29.3 Å². The molecule has 0 saturated carbocycles. The molecule has 2 aromatic heterocycles. The van der Waals surface area contributed by atoms with Crippen LogP contribution in [-0.4, -0.2) is 19.6 Å². The summed E-state index contributed by atoms with van der Waals surface area (Å²) in [4.78, 5) is 0. The quantitative estimate of drug-likeness (QED) is 0.794. The van der Waals surface area contributed by atoms with E-state index in [9.17, 15) is 0 Å². The van der Waals surface area contributed by atoms with Crippen LogP contribution in [-0.2, 0) is 13.1 Å². The Morgan fingerprint density at radius 3 is 2.50 bits per heavy atom. The van der Waals surface area contributed by atoms with Crippen molar-refractivity contribution in [3.05, 3.63) is 41.3 Å². The molecule has 2 N–H and O–H groups in total. The normalized spacial score (nSPS) is 11.3. The van der Waals surface area contributed by atoms with Crippen LogP contribution >= 0.6 is 0 Å². The number of para-hydroxylation sites is 1. The van der Waals surface area contributed by atoms with Crippen LogP contribution in [0.5, 0.6) is 0 Å². The average Bonchev–Trinajstić information content (AvgIpc) is 2.93. The summed E-state index contributed by atoms with van der Waals surface area (Å²) in [6.45, 7) is 7.54. The first kappa shape index (κ1) is 12.7. The van der Waals surface area contributed by atoms with E-state index < -0.39 is 0 Å². The molecule has 5 nitrogen and oxygen atoms in total. The largest absolute Gasteiger partial charge is 0.396 e. The fourth-order valence-corrected chi connectivity index (χ4v) is 2.56. The summed E-state index contributed by atoms with van der Waals surface area (Å²) in [5.41, 5.74) is 10.8. The van der Waals surface area contributed by atoms with E-state index in [4.69, 9.17) is 10.8 Å². The molecule has 0 aliphatic heterocycles. The van der Waals surface area contributed by atoms with E-state index >= 15 is 0 Å². The number of rotatable bonds is 3. The number of benzene rings is 1. The molecule has 3 rings (SSSR count). The number of hydrogen-bond donors (Lipinski definition) is 1. The Hall–Kier alpha value is -2.30. The van der Waals surface area contributed by atoms with Crippen LogP contribution in [0.1, 0.15) is 24.0 Å². The van der Waals surface area contributed by atoms with Crippen molar-refractivity contribution < 1.29 is 0 Å². The van der Waals surface area contributed by atoms with Crippen molar-refractivity contribution in [2.45, 2.75) is 33.9 Å². The predicted octanol–water partition coefficient (Wildman–Crippen LogP) is 2.50. The van der Waals surface area contributed by atoms with Crippen molar-refractivity contribution >= 4 is 16.6 Å². The minimum atomic E-state index is 0.650. The molecule has 0 radical (unpaired) electrons. The fraction of sp³-hybridized carbons (Fsp3) is 0.333. The number of aryl methyl sites for hydroxylation is 2. The Bertz CT molecular complexity index is 766. The van der Waals surface area contributed by atoms with Gasteiger partial charge in [0.1, 0.15) is 0 Å². The summed E-state index contributed by atoms with van der Waals surface area (Å²) in [5.74, 6) is 0. The van der Waals surface area contributed by atoms with E-state index in [-0.39, 0.29) is 0 Å². The van der Waals surface area contributed by atoms with Gasteiger partial charge in [0.25, 0.3) is 0 Å². The summed E-state index contributed by atoms with van der Waals surface area (Å²) in [6, 6.07) is 8.30. The third kappa shape index (κ3) is 1.86. The summed E-state index contributed by atoms with van der Waals surface area (Å²) >= 11 is 0. The summed E-state index contributed by atoms with van der Waals surface area (Å²) in [7, 11) is 0. The Morgan fingerprint density at radius 2 is 1.85 bits per heavy atom. The first-order chi connectivity index (χ1) is 9.61. The topological polar surface area (TPSA) is 61.7 Å². The van der Waals surface area contributed by atoms with E-state index in [2.05, 4.69) is 24.2 Å². The molecule has 20 heavy (non-hydrogen) atoms. The summed E-state index contributed by atoms with van der Waals surface area (Å²) in [5, 5.41) is 10.4. The van der Waals surface area contributed by atoms with Gasteiger partial charge in [-0.25, -0.2) is 0 Å². The highest BCUT2D eigenvalue weighted by molar-refractivity contribution is 5.81. The lowest BCUT2D eigenvalue weighted by atomic mass is 10.2. The Kier molecular flexibility index (Phi) is 2.97. The van der Waals surface area contributed by atoms with Crippen LogP contribution < -0.4 is 5.73 Å². The van der Waals surface area contributed by atoms with Crippen LogP contribution in [0.25, 0.3) is 10.9 Å². The van der Waals surface area contributed by atoms with Crippen LogP contribution in [0.4, 0.5) is 5.69 Å². The first-order valence-corrected chi connectivity index (χ1v) is 6.85. The highest BCUT2D eigenvalue weighted by Crippen LogP contribution is 2.21. The molecule has 1 aromatic carbocycles. The standard InChI is InChI=1S/C15H19N5/c1-4-19-14-8-6-5-7-12(14)13(18-19)9-20-11(3)15(16)10(2)17-20/h5-8H,4,9,16H2,1-3H3. The van der Waals surface area contributed by atoms with Gasteiger partial charge in [-0.05, 0) is 26.8 Å². The van der Waals surface area contributed by atoms with Gasteiger partial charge in [-0.1, -0.05) is 18.2 Å². The maximum absolute atomic E-state index is 5.99. The second-order valence-corrected chi connectivity index (χ2v) is 5.02. The van der Waals surface area contributed by atoms with E-state index in [0.29, 0.717) is 6.54 Å². The highest BCUT2D eigenvalue weighted by Gasteiger charge is 2.13. The molecular formula is C15H19N5. The van der Waals surface area contributed by atoms with Crippen molar-refractivity contribution in [2.24, 2.45) is 0 Å². The van der Waals surface area contributed by atoms with Crippen molar-refractivity contribution in [2.75, 3.05) is 5.73 Å². The lowest BCUT2D eigenvalue weighted by Gasteiger charge is -2.02. The molecule has 0 unspecified atom stereocenters. The molecule has 0 bridgehead atoms. The van der Waals surface area contributed by atoms with Crippen molar-refractivity contribution in [1.82, 2.24) is 19.6 Å². The number of aromatic nitrogens is 4. The van der Waals surface area contributed by atoms with Gasteiger partial charge in [0.15, 0.2) is 0 Å². The minimum absolute atomic E-state index is 0.650. The van der Waals surface area contributed by atoms with Gasteiger partial charge in [-0.3, -0.25) is 9.36 Å². The zero-order chi connectivity index (χ0) is 14.3. The van der Waals surface area contributed by atoms with Gasteiger partial charge in [-0.15, -0.1) is 0 Å². The maximum atomic E-state index is 5.99. The zero-order valence-electron chi connectivity index (χ0n) is 12.1. The van der Waals surface area contributed by atoms with Gasteiger partial charge in [0.2, 0.25) is 0 Å².